The molecule has 0 aliphatic heterocycles. The van der Waals surface area contributed by atoms with Gasteiger partial charge in [-0.1, -0.05) is 60.7 Å². The molecular formula is C25H21NO3. The van der Waals surface area contributed by atoms with Gasteiger partial charge in [-0.05, 0) is 37.1 Å². The van der Waals surface area contributed by atoms with Crippen molar-refractivity contribution in [3.8, 4) is 5.75 Å². The monoisotopic (exact) mass is 383 g/mol. The number of rotatable bonds is 7. The van der Waals surface area contributed by atoms with Crippen LogP contribution in [-0.2, 0) is 6.42 Å². The lowest BCUT2D eigenvalue weighted by atomic mass is 10.0. The van der Waals surface area contributed by atoms with Gasteiger partial charge in [0.1, 0.15) is 11.9 Å². The van der Waals surface area contributed by atoms with E-state index >= 15 is 0 Å². The molecule has 0 fully saturated rings. The van der Waals surface area contributed by atoms with Gasteiger partial charge in [0.25, 0.3) is 0 Å². The first-order chi connectivity index (χ1) is 14.0. The zero-order chi connectivity index (χ0) is 20.8. The lowest BCUT2D eigenvalue weighted by molar-refractivity contribution is 0.0989. The van der Waals surface area contributed by atoms with Crippen LogP contribution in [0.3, 0.4) is 0 Å². The molecule has 0 radical (unpaired) electrons. The van der Waals surface area contributed by atoms with Crippen molar-refractivity contribution in [2.75, 3.05) is 0 Å². The Balaban J connectivity index is 1.68. The highest BCUT2D eigenvalue weighted by Gasteiger charge is 2.12. The van der Waals surface area contributed by atoms with Crippen LogP contribution in [0.2, 0.25) is 0 Å². The summed E-state index contributed by atoms with van der Waals surface area (Å²) in [6, 6.07) is 21.5. The third-order valence-corrected chi connectivity index (χ3v) is 4.69. The number of hydrogen-bond acceptors (Lipinski definition) is 3. The van der Waals surface area contributed by atoms with Crippen LogP contribution in [0.25, 0.3) is 4.85 Å². The first-order valence-corrected chi connectivity index (χ1v) is 9.33. The SMILES string of the molecule is [C-]#[N+]c1ccc(CC(=O)c2cccc(O[C@@H](C)c3ccc(C(C)=O)cc3)c2)cc1. The van der Waals surface area contributed by atoms with E-state index in [0.717, 1.165) is 11.1 Å². The molecule has 0 aliphatic carbocycles. The summed E-state index contributed by atoms with van der Waals surface area (Å²) in [7, 11) is 0. The number of ether oxygens (including phenoxy) is 1. The van der Waals surface area contributed by atoms with Gasteiger partial charge in [0.2, 0.25) is 0 Å². The molecule has 4 nitrogen and oxygen atoms in total. The highest BCUT2D eigenvalue weighted by molar-refractivity contribution is 5.97. The molecule has 144 valence electrons. The maximum Gasteiger partial charge on any atom is 0.187 e. The smallest absolute Gasteiger partial charge is 0.187 e. The van der Waals surface area contributed by atoms with E-state index in [9.17, 15) is 9.59 Å². The molecule has 0 bridgehead atoms. The van der Waals surface area contributed by atoms with E-state index in [1.54, 1.807) is 54.6 Å². The second kappa shape index (κ2) is 8.99. The van der Waals surface area contributed by atoms with Gasteiger partial charge < -0.3 is 4.74 Å². The van der Waals surface area contributed by atoms with Gasteiger partial charge in [-0.3, -0.25) is 9.59 Å². The molecule has 0 aliphatic rings. The zero-order valence-electron chi connectivity index (χ0n) is 16.4. The van der Waals surface area contributed by atoms with Crippen LogP contribution in [-0.4, -0.2) is 11.6 Å². The quantitative estimate of drug-likeness (QED) is 0.371. The minimum atomic E-state index is -0.220. The van der Waals surface area contributed by atoms with Crippen LogP contribution >= 0.6 is 0 Å². The standard InChI is InChI=1S/C25H21NO3/c1-17(27)20-9-11-21(12-10-20)18(2)29-24-6-4-5-22(16-24)25(28)15-19-7-13-23(26-3)14-8-19/h4-14,16,18H,15H2,1-2H3/t18-/m0/s1. The third-order valence-electron chi connectivity index (χ3n) is 4.69. The number of nitrogens with zero attached hydrogens (tertiary/aromatic N) is 1. The molecule has 1 atom stereocenters. The number of ketones is 2. The van der Waals surface area contributed by atoms with Crippen molar-refractivity contribution < 1.29 is 14.3 Å². The molecule has 0 saturated heterocycles. The van der Waals surface area contributed by atoms with E-state index in [1.165, 1.54) is 6.92 Å². The molecule has 0 spiro atoms. The van der Waals surface area contributed by atoms with Crippen LogP contribution in [0.1, 0.15) is 51.8 Å². The van der Waals surface area contributed by atoms with E-state index in [0.29, 0.717) is 22.6 Å². The Morgan fingerprint density at radius 3 is 2.28 bits per heavy atom. The number of benzene rings is 3. The average Bonchev–Trinajstić information content (AvgIpc) is 2.74. The second-order valence-corrected chi connectivity index (χ2v) is 6.84. The van der Waals surface area contributed by atoms with Crippen molar-refractivity contribution in [1.82, 2.24) is 0 Å². The summed E-state index contributed by atoms with van der Waals surface area (Å²) in [6.07, 6.45) is 0.0478. The molecule has 0 saturated carbocycles. The third kappa shape index (κ3) is 5.18. The fourth-order valence-corrected chi connectivity index (χ4v) is 2.98. The topological polar surface area (TPSA) is 47.7 Å². The van der Waals surface area contributed by atoms with E-state index in [2.05, 4.69) is 4.85 Å². The number of carbonyl (C=O) groups excluding carboxylic acids is 2. The van der Waals surface area contributed by atoms with Gasteiger partial charge in [-0.2, -0.15) is 0 Å². The maximum atomic E-state index is 12.6. The summed E-state index contributed by atoms with van der Waals surface area (Å²) in [5, 5.41) is 0. The van der Waals surface area contributed by atoms with Gasteiger partial charge in [-0.25, -0.2) is 4.85 Å². The predicted molar refractivity (Wildman–Crippen MR) is 113 cm³/mol. The average molecular weight is 383 g/mol. The molecule has 29 heavy (non-hydrogen) atoms. The molecule has 0 N–H and O–H groups in total. The summed E-state index contributed by atoms with van der Waals surface area (Å²) in [5.74, 6) is 0.631. The van der Waals surface area contributed by atoms with Crippen LogP contribution in [0.4, 0.5) is 5.69 Å². The number of Topliss-reactive ketones (excluding diaryl/α,β-unsaturated/α-hetero) is 2. The second-order valence-electron chi connectivity index (χ2n) is 6.84. The van der Waals surface area contributed by atoms with Crippen LogP contribution in [0, 0.1) is 6.57 Å². The minimum Gasteiger partial charge on any atom is -0.486 e. The lowest BCUT2D eigenvalue weighted by Gasteiger charge is -2.16. The fraction of sp³-hybridized carbons (Fsp3) is 0.160. The van der Waals surface area contributed by atoms with Gasteiger partial charge in [-0.15, -0.1) is 0 Å². The Hall–Kier alpha value is -3.71. The van der Waals surface area contributed by atoms with Gasteiger partial charge in [0.05, 0.1) is 6.57 Å². The molecule has 3 rings (SSSR count). The van der Waals surface area contributed by atoms with Crippen LogP contribution < -0.4 is 4.74 Å². The van der Waals surface area contributed by atoms with E-state index < -0.39 is 0 Å². The van der Waals surface area contributed by atoms with Crippen molar-refractivity contribution in [1.29, 1.82) is 0 Å². The van der Waals surface area contributed by atoms with E-state index in [4.69, 9.17) is 11.3 Å². The highest BCUT2D eigenvalue weighted by Crippen LogP contribution is 2.24. The largest absolute Gasteiger partial charge is 0.486 e. The first kappa shape index (κ1) is 20.0. The van der Waals surface area contributed by atoms with Crippen molar-refractivity contribution in [3.63, 3.8) is 0 Å². The van der Waals surface area contributed by atoms with Crippen molar-refractivity contribution >= 4 is 17.3 Å². The first-order valence-electron chi connectivity index (χ1n) is 9.33. The van der Waals surface area contributed by atoms with E-state index in [1.807, 2.05) is 25.1 Å². The number of hydrogen-bond donors (Lipinski definition) is 0. The molecule has 0 heterocycles. The number of carbonyl (C=O) groups is 2. The summed E-state index contributed by atoms with van der Waals surface area (Å²) in [5.41, 5.74) is 3.62. The maximum absolute atomic E-state index is 12.6. The lowest BCUT2D eigenvalue weighted by Crippen LogP contribution is -2.06. The predicted octanol–water partition coefficient (Wildman–Crippen LogP) is 6.01. The Kier molecular flexibility index (Phi) is 6.21. The minimum absolute atomic E-state index is 0.00974. The summed E-state index contributed by atoms with van der Waals surface area (Å²) in [4.78, 5) is 27.4. The van der Waals surface area contributed by atoms with Crippen molar-refractivity contribution in [2.24, 2.45) is 0 Å². The van der Waals surface area contributed by atoms with Crippen LogP contribution in [0.15, 0.2) is 72.8 Å². The molecule has 0 amide bonds. The molecule has 0 aromatic heterocycles. The molecule has 3 aromatic rings. The molecule has 0 unspecified atom stereocenters. The molecule has 3 aromatic carbocycles. The van der Waals surface area contributed by atoms with Gasteiger partial charge in [0, 0.05) is 17.5 Å². The van der Waals surface area contributed by atoms with E-state index in [-0.39, 0.29) is 24.1 Å². The Morgan fingerprint density at radius 2 is 1.66 bits per heavy atom. The Morgan fingerprint density at radius 1 is 0.966 bits per heavy atom. The normalized spacial score (nSPS) is 11.3. The highest BCUT2D eigenvalue weighted by atomic mass is 16.5. The van der Waals surface area contributed by atoms with Crippen molar-refractivity contribution in [3.05, 3.63) is 106 Å². The van der Waals surface area contributed by atoms with Gasteiger partial charge >= 0.3 is 0 Å². The van der Waals surface area contributed by atoms with Crippen molar-refractivity contribution in [2.45, 2.75) is 26.4 Å². The van der Waals surface area contributed by atoms with Gasteiger partial charge in [0.15, 0.2) is 17.3 Å². The molecular weight excluding hydrogens is 362 g/mol. The Labute approximate surface area is 170 Å². The fourth-order valence-electron chi connectivity index (χ4n) is 2.98. The summed E-state index contributed by atoms with van der Waals surface area (Å²) < 4.78 is 6.00. The molecule has 4 heteroatoms. The summed E-state index contributed by atoms with van der Waals surface area (Å²) in [6.45, 7) is 10.5. The summed E-state index contributed by atoms with van der Waals surface area (Å²) >= 11 is 0. The zero-order valence-corrected chi connectivity index (χ0v) is 16.4. The Bertz CT molecular complexity index is 1060. The van der Waals surface area contributed by atoms with Crippen LogP contribution in [0.5, 0.6) is 5.75 Å².